The molecule has 0 N–H and O–H groups in total. The van der Waals surface area contributed by atoms with Gasteiger partial charge < -0.3 is 0 Å². The maximum atomic E-state index is 11.9. The van der Waals surface area contributed by atoms with Gasteiger partial charge >= 0.3 is 0 Å². The molecule has 0 aliphatic heterocycles. The summed E-state index contributed by atoms with van der Waals surface area (Å²) in [5.74, 6) is 0.267. The fourth-order valence-corrected chi connectivity index (χ4v) is 2.23. The van der Waals surface area contributed by atoms with E-state index in [9.17, 15) is 4.79 Å². The Morgan fingerprint density at radius 1 is 1.12 bits per heavy atom. The van der Waals surface area contributed by atoms with Crippen LogP contribution < -0.4 is 0 Å². The van der Waals surface area contributed by atoms with E-state index in [0.717, 1.165) is 22.9 Å². The molecule has 1 unspecified atom stereocenters. The Labute approximate surface area is 113 Å². The van der Waals surface area contributed by atoms with E-state index in [4.69, 9.17) is 0 Å². The molecule has 0 heterocycles. The first-order chi connectivity index (χ1) is 6.99. The first kappa shape index (κ1) is 15.9. The van der Waals surface area contributed by atoms with Gasteiger partial charge in [0.25, 0.3) is 0 Å². The van der Waals surface area contributed by atoms with Crippen LogP contribution in [0, 0.1) is 27.7 Å². The van der Waals surface area contributed by atoms with Crippen molar-refractivity contribution < 1.29 is 4.79 Å². The van der Waals surface area contributed by atoms with Crippen LogP contribution in [-0.4, -0.2) is 30.8 Å². The Bertz CT molecular complexity index is 399. The van der Waals surface area contributed by atoms with Gasteiger partial charge in [0.1, 0.15) is 0 Å². The van der Waals surface area contributed by atoms with Gasteiger partial charge in [0, 0.05) is 30.8 Å². The summed E-state index contributed by atoms with van der Waals surface area (Å²) in [5, 5.41) is 0. The molecule has 1 atom stereocenters. The van der Waals surface area contributed by atoms with E-state index >= 15 is 0 Å². The second-order valence-corrected chi connectivity index (χ2v) is 4.67. The van der Waals surface area contributed by atoms with Crippen molar-refractivity contribution in [3.05, 3.63) is 33.9 Å². The van der Waals surface area contributed by atoms with Crippen LogP contribution in [-0.2, 0) is 0 Å². The van der Waals surface area contributed by atoms with E-state index < -0.39 is 0 Å². The Kier molecular flexibility index (Phi) is 6.57. The van der Waals surface area contributed by atoms with Gasteiger partial charge in [-0.15, -0.1) is 9.24 Å². The van der Waals surface area contributed by atoms with Gasteiger partial charge in [-0.1, -0.05) is 6.07 Å². The predicted molar refractivity (Wildman–Crippen MR) is 74.7 cm³/mol. The SMILES string of the molecule is Cc1cc(C)c(C(=O)CCP)c(C)c1C.[Li]. The zero-order valence-electron chi connectivity index (χ0n) is 11.0. The van der Waals surface area contributed by atoms with Gasteiger partial charge in [0.05, 0.1) is 0 Å². The smallest absolute Gasteiger partial charge is 0.163 e. The van der Waals surface area contributed by atoms with Crippen molar-refractivity contribution >= 4 is 33.9 Å². The molecule has 0 amide bonds. The Morgan fingerprint density at radius 2 is 1.69 bits per heavy atom. The largest absolute Gasteiger partial charge is 0.294 e. The van der Waals surface area contributed by atoms with Crippen molar-refractivity contribution in [2.24, 2.45) is 0 Å². The average Bonchev–Trinajstić information content (AvgIpc) is 2.15. The summed E-state index contributed by atoms with van der Waals surface area (Å²) >= 11 is 0. The Morgan fingerprint density at radius 3 is 2.19 bits per heavy atom. The number of Topliss-reactive ketones (excluding diaryl/α,β-unsaturated/α-hetero) is 1. The van der Waals surface area contributed by atoms with Crippen LogP contribution in [0.3, 0.4) is 0 Å². The molecule has 1 aromatic rings. The molecular formula is C13H19LiOP. The van der Waals surface area contributed by atoms with Crippen LogP contribution in [0.1, 0.15) is 39.0 Å². The van der Waals surface area contributed by atoms with Crippen LogP contribution in [0.25, 0.3) is 0 Å². The van der Waals surface area contributed by atoms with Crippen molar-refractivity contribution in [1.82, 2.24) is 0 Å². The molecule has 0 fully saturated rings. The molecule has 0 aliphatic rings. The number of benzene rings is 1. The summed E-state index contributed by atoms with van der Waals surface area (Å²) in [6.45, 7) is 8.25. The average molecular weight is 229 g/mol. The van der Waals surface area contributed by atoms with Crippen molar-refractivity contribution in [3.63, 3.8) is 0 Å². The molecule has 3 heteroatoms. The summed E-state index contributed by atoms with van der Waals surface area (Å²) < 4.78 is 0. The predicted octanol–water partition coefficient (Wildman–Crippen LogP) is 2.99. The molecule has 0 saturated heterocycles. The maximum Gasteiger partial charge on any atom is 0.163 e. The number of aryl methyl sites for hydroxylation is 2. The van der Waals surface area contributed by atoms with Gasteiger partial charge in [-0.05, 0) is 56.1 Å². The van der Waals surface area contributed by atoms with E-state index in [2.05, 4.69) is 29.2 Å². The molecule has 0 aliphatic carbocycles. The number of carbonyl (C=O) groups excluding carboxylic acids is 1. The second kappa shape index (κ2) is 6.60. The molecular weight excluding hydrogens is 210 g/mol. The van der Waals surface area contributed by atoms with Crippen LogP contribution >= 0.6 is 9.24 Å². The quantitative estimate of drug-likeness (QED) is 0.442. The zero-order valence-corrected chi connectivity index (χ0v) is 12.1. The van der Waals surface area contributed by atoms with Crippen molar-refractivity contribution in [1.29, 1.82) is 0 Å². The monoisotopic (exact) mass is 229 g/mol. The van der Waals surface area contributed by atoms with Crippen LogP contribution in [0.4, 0.5) is 0 Å². The van der Waals surface area contributed by atoms with Gasteiger partial charge in [-0.25, -0.2) is 0 Å². The molecule has 1 radical (unpaired) electrons. The van der Waals surface area contributed by atoms with Crippen molar-refractivity contribution in [2.45, 2.75) is 34.1 Å². The minimum absolute atomic E-state index is 0. The van der Waals surface area contributed by atoms with E-state index in [-0.39, 0.29) is 24.6 Å². The van der Waals surface area contributed by atoms with Crippen LogP contribution in [0.2, 0.25) is 0 Å². The molecule has 1 nitrogen and oxygen atoms in total. The molecule has 0 aromatic heterocycles. The maximum absolute atomic E-state index is 11.9. The number of hydrogen-bond acceptors (Lipinski definition) is 1. The number of carbonyl (C=O) groups is 1. The molecule has 0 bridgehead atoms. The minimum Gasteiger partial charge on any atom is -0.294 e. The fourth-order valence-electron chi connectivity index (χ4n) is 1.97. The van der Waals surface area contributed by atoms with Gasteiger partial charge in [-0.3, -0.25) is 4.79 Å². The number of ketones is 1. The molecule has 16 heavy (non-hydrogen) atoms. The first-order valence-corrected chi connectivity index (χ1v) is 6.11. The van der Waals surface area contributed by atoms with Gasteiger partial charge in [0.2, 0.25) is 0 Å². The summed E-state index contributed by atoms with van der Waals surface area (Å²) in [7, 11) is 2.61. The normalized spacial score (nSPS) is 9.81. The van der Waals surface area contributed by atoms with Crippen molar-refractivity contribution in [2.75, 3.05) is 6.16 Å². The molecule has 83 valence electrons. The minimum atomic E-state index is 0. The van der Waals surface area contributed by atoms with Crippen LogP contribution in [0.15, 0.2) is 6.07 Å². The Hall–Kier alpha value is -0.0826. The standard InChI is InChI=1S/C13H19OP.Li/c1-8-7-9(2)13(11(4)10(8)3)12(14)5-6-15;/h7H,5-6,15H2,1-4H3;. The molecule has 1 aromatic carbocycles. The van der Waals surface area contributed by atoms with Crippen molar-refractivity contribution in [3.8, 4) is 0 Å². The summed E-state index contributed by atoms with van der Waals surface area (Å²) in [5.41, 5.74) is 5.70. The molecule has 0 spiro atoms. The third-order valence-electron chi connectivity index (χ3n) is 3.01. The molecule has 1 rings (SSSR count). The Balaban J connectivity index is 0.00000225. The first-order valence-electron chi connectivity index (χ1n) is 5.29. The van der Waals surface area contributed by atoms with E-state index in [1.807, 2.05) is 13.8 Å². The van der Waals surface area contributed by atoms with E-state index in [1.165, 1.54) is 11.1 Å². The fraction of sp³-hybridized carbons (Fsp3) is 0.462. The summed E-state index contributed by atoms with van der Waals surface area (Å²) in [4.78, 5) is 11.9. The third kappa shape index (κ3) is 3.21. The zero-order chi connectivity index (χ0) is 11.6. The summed E-state index contributed by atoms with van der Waals surface area (Å²) in [6, 6.07) is 2.11. The van der Waals surface area contributed by atoms with E-state index in [0.29, 0.717) is 6.42 Å². The van der Waals surface area contributed by atoms with E-state index in [1.54, 1.807) is 0 Å². The molecule has 0 saturated carbocycles. The van der Waals surface area contributed by atoms with Gasteiger partial charge in [-0.2, -0.15) is 0 Å². The second-order valence-electron chi connectivity index (χ2n) is 4.10. The topological polar surface area (TPSA) is 17.1 Å². The number of rotatable bonds is 3. The number of hydrogen-bond donors (Lipinski definition) is 0. The van der Waals surface area contributed by atoms with Gasteiger partial charge in [0.15, 0.2) is 5.78 Å². The summed E-state index contributed by atoms with van der Waals surface area (Å²) in [6.07, 6.45) is 1.46. The van der Waals surface area contributed by atoms with Crippen LogP contribution in [0.5, 0.6) is 0 Å². The third-order valence-corrected chi connectivity index (χ3v) is 3.30.